The zero-order valence-electron chi connectivity index (χ0n) is 13.4. The van der Waals surface area contributed by atoms with Crippen molar-refractivity contribution in [2.45, 2.75) is 46.3 Å². The SMILES string of the molecule is CCNc1ccccc1C(=O)NC1CC(OCC)C1(C)C. The van der Waals surface area contributed by atoms with Crippen LogP contribution in [0.4, 0.5) is 5.69 Å². The molecule has 0 heterocycles. The van der Waals surface area contributed by atoms with E-state index >= 15 is 0 Å². The average Bonchev–Trinajstić information content (AvgIpc) is 2.47. The Bertz CT molecular complexity index is 499. The lowest BCUT2D eigenvalue weighted by molar-refractivity contribution is -0.111. The van der Waals surface area contributed by atoms with Gasteiger partial charge >= 0.3 is 0 Å². The lowest BCUT2D eigenvalue weighted by atomic mass is 9.64. The first kappa shape index (κ1) is 15.8. The molecule has 0 spiro atoms. The number of amides is 1. The second-order valence-corrected chi connectivity index (χ2v) is 6.10. The van der Waals surface area contributed by atoms with Gasteiger partial charge in [0, 0.05) is 30.3 Å². The molecule has 0 radical (unpaired) electrons. The first-order chi connectivity index (χ1) is 10.0. The molecule has 2 atom stereocenters. The van der Waals surface area contributed by atoms with Crippen LogP contribution < -0.4 is 10.6 Å². The fourth-order valence-corrected chi connectivity index (χ4v) is 2.88. The Hall–Kier alpha value is -1.55. The van der Waals surface area contributed by atoms with Gasteiger partial charge in [0.05, 0.1) is 11.7 Å². The number of benzene rings is 1. The van der Waals surface area contributed by atoms with Gasteiger partial charge in [-0.15, -0.1) is 0 Å². The number of carbonyl (C=O) groups is 1. The van der Waals surface area contributed by atoms with E-state index in [4.69, 9.17) is 4.74 Å². The van der Waals surface area contributed by atoms with Crippen molar-refractivity contribution in [1.29, 1.82) is 0 Å². The van der Waals surface area contributed by atoms with Gasteiger partial charge in [0.2, 0.25) is 0 Å². The van der Waals surface area contributed by atoms with Crippen molar-refractivity contribution in [2.24, 2.45) is 5.41 Å². The predicted octanol–water partition coefficient (Wildman–Crippen LogP) is 3.05. The second-order valence-electron chi connectivity index (χ2n) is 6.10. The number of para-hydroxylation sites is 1. The molecule has 1 aliphatic carbocycles. The normalized spacial score (nSPS) is 23.2. The van der Waals surface area contributed by atoms with Gasteiger partial charge < -0.3 is 15.4 Å². The predicted molar refractivity (Wildman–Crippen MR) is 85.7 cm³/mol. The van der Waals surface area contributed by atoms with Crippen LogP contribution in [0, 0.1) is 5.41 Å². The van der Waals surface area contributed by atoms with Gasteiger partial charge in [0.25, 0.3) is 5.91 Å². The summed E-state index contributed by atoms with van der Waals surface area (Å²) in [6, 6.07) is 7.79. The monoisotopic (exact) mass is 290 g/mol. The average molecular weight is 290 g/mol. The molecule has 21 heavy (non-hydrogen) atoms. The van der Waals surface area contributed by atoms with Crippen molar-refractivity contribution in [3.05, 3.63) is 29.8 Å². The topological polar surface area (TPSA) is 50.4 Å². The van der Waals surface area contributed by atoms with Gasteiger partial charge in [-0.1, -0.05) is 26.0 Å². The zero-order valence-corrected chi connectivity index (χ0v) is 13.4. The first-order valence-corrected chi connectivity index (χ1v) is 7.76. The fourth-order valence-electron chi connectivity index (χ4n) is 2.88. The Kier molecular flexibility index (Phi) is 4.88. The molecule has 2 N–H and O–H groups in total. The van der Waals surface area contributed by atoms with Crippen LogP contribution in [-0.4, -0.2) is 31.2 Å². The van der Waals surface area contributed by atoms with Crippen LogP contribution in [0.25, 0.3) is 0 Å². The molecule has 1 aromatic carbocycles. The van der Waals surface area contributed by atoms with Crippen LogP contribution in [0.2, 0.25) is 0 Å². The molecule has 1 saturated carbocycles. The largest absolute Gasteiger partial charge is 0.385 e. The van der Waals surface area contributed by atoms with E-state index in [1.807, 2.05) is 38.1 Å². The van der Waals surface area contributed by atoms with Gasteiger partial charge in [-0.3, -0.25) is 4.79 Å². The van der Waals surface area contributed by atoms with E-state index in [0.717, 1.165) is 25.3 Å². The lowest BCUT2D eigenvalue weighted by Gasteiger charge is -2.51. The minimum absolute atomic E-state index is 0.0143. The van der Waals surface area contributed by atoms with Crippen LogP contribution >= 0.6 is 0 Å². The van der Waals surface area contributed by atoms with Gasteiger partial charge in [0.1, 0.15) is 0 Å². The zero-order chi connectivity index (χ0) is 15.5. The highest BCUT2D eigenvalue weighted by atomic mass is 16.5. The van der Waals surface area contributed by atoms with E-state index in [0.29, 0.717) is 5.56 Å². The summed E-state index contributed by atoms with van der Waals surface area (Å²) in [6.45, 7) is 9.85. The highest BCUT2D eigenvalue weighted by Crippen LogP contribution is 2.42. The van der Waals surface area contributed by atoms with E-state index < -0.39 is 0 Å². The van der Waals surface area contributed by atoms with Crippen LogP contribution in [0.15, 0.2) is 24.3 Å². The fraction of sp³-hybridized carbons (Fsp3) is 0.588. The second kappa shape index (κ2) is 6.48. The van der Waals surface area contributed by atoms with Crippen molar-refractivity contribution in [3.63, 3.8) is 0 Å². The Balaban J connectivity index is 2.03. The van der Waals surface area contributed by atoms with Crippen LogP contribution in [0.1, 0.15) is 44.5 Å². The molecular weight excluding hydrogens is 264 g/mol. The van der Waals surface area contributed by atoms with Crippen molar-refractivity contribution in [2.75, 3.05) is 18.5 Å². The molecule has 116 valence electrons. The van der Waals surface area contributed by atoms with Crippen LogP contribution in [0.5, 0.6) is 0 Å². The molecule has 0 bridgehead atoms. The Labute approximate surface area is 127 Å². The summed E-state index contributed by atoms with van der Waals surface area (Å²) in [4.78, 5) is 12.5. The molecule has 4 heteroatoms. The highest BCUT2D eigenvalue weighted by Gasteiger charge is 2.49. The number of carbonyl (C=O) groups excluding carboxylic acids is 1. The molecule has 2 rings (SSSR count). The molecule has 1 amide bonds. The molecular formula is C17H26N2O2. The smallest absolute Gasteiger partial charge is 0.253 e. The molecule has 0 aliphatic heterocycles. The third-order valence-corrected chi connectivity index (χ3v) is 4.39. The summed E-state index contributed by atoms with van der Waals surface area (Å²) in [5, 5.41) is 6.38. The van der Waals surface area contributed by atoms with Gasteiger partial charge in [0.15, 0.2) is 0 Å². The van der Waals surface area contributed by atoms with Crippen molar-refractivity contribution < 1.29 is 9.53 Å². The Morgan fingerprint density at radius 2 is 2.05 bits per heavy atom. The van der Waals surface area contributed by atoms with E-state index in [1.165, 1.54) is 0 Å². The summed E-state index contributed by atoms with van der Waals surface area (Å²) >= 11 is 0. The third-order valence-electron chi connectivity index (χ3n) is 4.39. The van der Waals surface area contributed by atoms with E-state index in [2.05, 4.69) is 24.5 Å². The van der Waals surface area contributed by atoms with E-state index in [-0.39, 0.29) is 23.5 Å². The van der Waals surface area contributed by atoms with Crippen LogP contribution in [0.3, 0.4) is 0 Å². The van der Waals surface area contributed by atoms with Crippen molar-refractivity contribution in [1.82, 2.24) is 5.32 Å². The quantitative estimate of drug-likeness (QED) is 0.846. The Morgan fingerprint density at radius 3 is 2.67 bits per heavy atom. The maximum atomic E-state index is 12.5. The maximum absolute atomic E-state index is 12.5. The van der Waals surface area contributed by atoms with Crippen molar-refractivity contribution >= 4 is 11.6 Å². The van der Waals surface area contributed by atoms with Gasteiger partial charge in [-0.25, -0.2) is 0 Å². The summed E-state index contributed by atoms with van der Waals surface area (Å²) in [5.41, 5.74) is 1.57. The van der Waals surface area contributed by atoms with Gasteiger partial charge in [-0.05, 0) is 32.4 Å². The number of hydrogen-bond acceptors (Lipinski definition) is 3. The number of anilines is 1. The molecule has 1 aromatic rings. The molecule has 1 fully saturated rings. The standard InChI is InChI=1S/C17H26N2O2/c1-5-18-13-10-8-7-9-12(13)16(20)19-14-11-15(21-6-2)17(14,3)4/h7-10,14-15,18H,5-6,11H2,1-4H3,(H,19,20). The maximum Gasteiger partial charge on any atom is 0.253 e. The molecule has 0 aromatic heterocycles. The minimum atomic E-state index is -0.0151. The Morgan fingerprint density at radius 1 is 1.33 bits per heavy atom. The summed E-state index contributed by atoms with van der Waals surface area (Å²) in [6.07, 6.45) is 1.12. The number of rotatable bonds is 6. The summed E-state index contributed by atoms with van der Waals surface area (Å²) in [7, 11) is 0. The number of hydrogen-bond donors (Lipinski definition) is 2. The molecule has 2 unspecified atom stereocenters. The van der Waals surface area contributed by atoms with E-state index in [9.17, 15) is 4.79 Å². The summed E-state index contributed by atoms with van der Waals surface area (Å²) in [5.74, 6) is -0.0143. The van der Waals surface area contributed by atoms with Crippen molar-refractivity contribution in [3.8, 4) is 0 Å². The highest BCUT2D eigenvalue weighted by molar-refractivity contribution is 5.99. The first-order valence-electron chi connectivity index (χ1n) is 7.76. The minimum Gasteiger partial charge on any atom is -0.385 e. The van der Waals surface area contributed by atoms with E-state index in [1.54, 1.807) is 0 Å². The number of ether oxygens (including phenoxy) is 1. The number of nitrogens with one attached hydrogen (secondary N) is 2. The molecule has 0 saturated heterocycles. The third kappa shape index (κ3) is 3.21. The molecule has 1 aliphatic rings. The van der Waals surface area contributed by atoms with Crippen LogP contribution in [-0.2, 0) is 4.74 Å². The summed E-state index contributed by atoms with van der Waals surface area (Å²) < 4.78 is 5.71. The molecule has 4 nitrogen and oxygen atoms in total. The van der Waals surface area contributed by atoms with Gasteiger partial charge in [-0.2, -0.15) is 0 Å². The lowest BCUT2D eigenvalue weighted by Crippen LogP contribution is -2.62.